The van der Waals surface area contributed by atoms with Gasteiger partial charge in [-0.25, -0.2) is 0 Å². The molecule has 5 heteroatoms. The molecular formula is C24H31ClN2O2. The van der Waals surface area contributed by atoms with Gasteiger partial charge in [-0.1, -0.05) is 66.6 Å². The summed E-state index contributed by atoms with van der Waals surface area (Å²) in [4.78, 5) is 27.5. The average Bonchev–Trinajstić information content (AvgIpc) is 2.70. The molecule has 0 aliphatic heterocycles. The third kappa shape index (κ3) is 6.90. The van der Waals surface area contributed by atoms with Crippen molar-refractivity contribution in [3.8, 4) is 0 Å². The number of carbonyl (C=O) groups is 2. The second-order valence-corrected chi connectivity index (χ2v) is 8.00. The zero-order valence-electron chi connectivity index (χ0n) is 17.7. The number of amides is 2. The number of rotatable bonds is 9. The van der Waals surface area contributed by atoms with E-state index in [-0.39, 0.29) is 17.9 Å². The fraction of sp³-hybridized carbons (Fsp3) is 0.417. The predicted octanol–water partition coefficient (Wildman–Crippen LogP) is 4.91. The van der Waals surface area contributed by atoms with Gasteiger partial charge in [-0.3, -0.25) is 9.59 Å². The topological polar surface area (TPSA) is 49.4 Å². The Morgan fingerprint density at radius 1 is 1.10 bits per heavy atom. The van der Waals surface area contributed by atoms with E-state index < -0.39 is 6.04 Å². The van der Waals surface area contributed by atoms with Crippen LogP contribution >= 0.6 is 11.6 Å². The molecule has 1 N–H and O–H groups in total. The predicted molar refractivity (Wildman–Crippen MR) is 119 cm³/mol. The Kier molecular flexibility index (Phi) is 8.71. The van der Waals surface area contributed by atoms with Gasteiger partial charge in [-0.05, 0) is 50.8 Å². The van der Waals surface area contributed by atoms with Crippen LogP contribution in [0.25, 0.3) is 0 Å². The van der Waals surface area contributed by atoms with Crippen LogP contribution < -0.4 is 5.32 Å². The van der Waals surface area contributed by atoms with Crippen LogP contribution in [0.5, 0.6) is 0 Å². The maximum Gasteiger partial charge on any atom is 0.242 e. The summed E-state index contributed by atoms with van der Waals surface area (Å²) in [6.07, 6.45) is 1.69. The van der Waals surface area contributed by atoms with Gasteiger partial charge in [0, 0.05) is 24.0 Å². The Balaban J connectivity index is 2.17. The van der Waals surface area contributed by atoms with E-state index in [0.717, 1.165) is 23.1 Å². The normalized spacial score (nSPS) is 12.9. The smallest absolute Gasteiger partial charge is 0.242 e. The SMILES string of the molecule is CCC(C)NC(=O)C(C)N(Cc1cccc(C)c1)C(=O)CCc1ccccc1Cl. The molecule has 0 fully saturated rings. The Morgan fingerprint density at radius 2 is 1.83 bits per heavy atom. The maximum atomic E-state index is 13.1. The summed E-state index contributed by atoms with van der Waals surface area (Å²) >= 11 is 6.23. The van der Waals surface area contributed by atoms with Crippen LogP contribution in [0.4, 0.5) is 0 Å². The van der Waals surface area contributed by atoms with E-state index in [4.69, 9.17) is 11.6 Å². The van der Waals surface area contributed by atoms with Gasteiger partial charge in [0.25, 0.3) is 0 Å². The first kappa shape index (κ1) is 23.0. The minimum atomic E-state index is -0.553. The molecule has 0 aromatic heterocycles. The van der Waals surface area contributed by atoms with E-state index in [1.807, 2.05) is 69.3 Å². The van der Waals surface area contributed by atoms with Crippen LogP contribution in [0, 0.1) is 6.92 Å². The lowest BCUT2D eigenvalue weighted by molar-refractivity contribution is -0.140. The van der Waals surface area contributed by atoms with Crippen LogP contribution in [-0.4, -0.2) is 28.8 Å². The number of nitrogens with one attached hydrogen (secondary N) is 1. The van der Waals surface area contributed by atoms with Crippen molar-refractivity contribution < 1.29 is 9.59 Å². The summed E-state index contributed by atoms with van der Waals surface area (Å²) in [6.45, 7) is 8.20. The molecule has 0 aliphatic rings. The highest BCUT2D eigenvalue weighted by Gasteiger charge is 2.26. The molecule has 2 atom stereocenters. The van der Waals surface area contributed by atoms with Crippen molar-refractivity contribution in [3.63, 3.8) is 0 Å². The molecule has 2 rings (SSSR count). The Labute approximate surface area is 179 Å². The van der Waals surface area contributed by atoms with E-state index in [1.54, 1.807) is 11.8 Å². The van der Waals surface area contributed by atoms with Crippen LogP contribution in [0.15, 0.2) is 48.5 Å². The highest BCUT2D eigenvalue weighted by atomic mass is 35.5. The van der Waals surface area contributed by atoms with E-state index in [9.17, 15) is 9.59 Å². The molecule has 4 nitrogen and oxygen atoms in total. The van der Waals surface area contributed by atoms with E-state index >= 15 is 0 Å². The molecule has 2 aromatic rings. The van der Waals surface area contributed by atoms with Gasteiger partial charge in [0.05, 0.1) is 0 Å². The second-order valence-electron chi connectivity index (χ2n) is 7.60. The van der Waals surface area contributed by atoms with Crippen molar-refractivity contribution >= 4 is 23.4 Å². The fourth-order valence-electron chi connectivity index (χ4n) is 3.14. The molecule has 0 bridgehead atoms. The summed E-state index contributed by atoms with van der Waals surface area (Å²) in [5.74, 6) is -0.184. The van der Waals surface area contributed by atoms with Crippen molar-refractivity contribution in [2.75, 3.05) is 0 Å². The quantitative estimate of drug-likeness (QED) is 0.633. The Bertz CT molecular complexity index is 837. The number of aryl methyl sites for hydroxylation is 2. The fourth-order valence-corrected chi connectivity index (χ4v) is 3.37. The van der Waals surface area contributed by atoms with Gasteiger partial charge in [-0.2, -0.15) is 0 Å². The number of carbonyl (C=O) groups excluding carboxylic acids is 2. The molecule has 0 heterocycles. The van der Waals surface area contributed by atoms with Crippen molar-refractivity contribution in [3.05, 3.63) is 70.2 Å². The molecule has 0 saturated heterocycles. The standard InChI is InChI=1S/C24H31ClN2O2/c1-5-18(3)26-24(29)19(4)27(16-20-10-8-9-17(2)15-20)23(28)14-13-21-11-6-7-12-22(21)25/h6-12,15,18-19H,5,13-14,16H2,1-4H3,(H,26,29). The minimum absolute atomic E-state index is 0.0572. The van der Waals surface area contributed by atoms with Crippen molar-refractivity contribution in [2.24, 2.45) is 0 Å². The number of nitrogens with zero attached hydrogens (tertiary/aromatic N) is 1. The maximum absolute atomic E-state index is 13.1. The lowest BCUT2D eigenvalue weighted by atomic mass is 10.1. The monoisotopic (exact) mass is 414 g/mol. The highest BCUT2D eigenvalue weighted by Crippen LogP contribution is 2.19. The molecule has 0 spiro atoms. The van der Waals surface area contributed by atoms with Crippen LogP contribution in [0.3, 0.4) is 0 Å². The number of benzene rings is 2. The number of hydrogen-bond acceptors (Lipinski definition) is 2. The summed E-state index contributed by atoms with van der Waals surface area (Å²) in [7, 11) is 0. The minimum Gasteiger partial charge on any atom is -0.352 e. The molecule has 0 radical (unpaired) electrons. The van der Waals surface area contributed by atoms with Crippen LogP contribution in [-0.2, 0) is 22.6 Å². The van der Waals surface area contributed by atoms with Gasteiger partial charge in [0.15, 0.2) is 0 Å². The summed E-state index contributed by atoms with van der Waals surface area (Å²) < 4.78 is 0. The first-order chi connectivity index (χ1) is 13.8. The molecular weight excluding hydrogens is 384 g/mol. The number of hydrogen-bond donors (Lipinski definition) is 1. The van der Waals surface area contributed by atoms with Gasteiger partial charge in [0.1, 0.15) is 6.04 Å². The molecule has 29 heavy (non-hydrogen) atoms. The Hall–Kier alpha value is -2.33. The lowest BCUT2D eigenvalue weighted by Gasteiger charge is -2.30. The first-order valence-electron chi connectivity index (χ1n) is 10.2. The van der Waals surface area contributed by atoms with Gasteiger partial charge in [-0.15, -0.1) is 0 Å². The molecule has 0 saturated carbocycles. The van der Waals surface area contributed by atoms with E-state index in [1.165, 1.54) is 0 Å². The van der Waals surface area contributed by atoms with Gasteiger partial charge >= 0.3 is 0 Å². The molecule has 2 amide bonds. The van der Waals surface area contributed by atoms with Gasteiger partial charge in [0.2, 0.25) is 11.8 Å². The second kappa shape index (κ2) is 11.0. The molecule has 2 unspecified atom stereocenters. The van der Waals surface area contributed by atoms with Crippen molar-refractivity contribution in [2.45, 2.75) is 65.6 Å². The third-order valence-electron chi connectivity index (χ3n) is 5.17. The van der Waals surface area contributed by atoms with Crippen molar-refractivity contribution in [1.82, 2.24) is 10.2 Å². The average molecular weight is 415 g/mol. The molecule has 2 aromatic carbocycles. The van der Waals surface area contributed by atoms with Crippen molar-refractivity contribution in [1.29, 1.82) is 0 Å². The summed E-state index contributed by atoms with van der Waals surface area (Å²) in [6, 6.07) is 15.1. The summed E-state index contributed by atoms with van der Waals surface area (Å²) in [5.41, 5.74) is 3.08. The zero-order valence-corrected chi connectivity index (χ0v) is 18.5. The van der Waals surface area contributed by atoms with Crippen LogP contribution in [0.1, 0.15) is 50.3 Å². The summed E-state index contributed by atoms with van der Waals surface area (Å²) in [5, 5.41) is 3.65. The first-order valence-corrected chi connectivity index (χ1v) is 10.6. The largest absolute Gasteiger partial charge is 0.352 e. The zero-order chi connectivity index (χ0) is 21.4. The van der Waals surface area contributed by atoms with Gasteiger partial charge < -0.3 is 10.2 Å². The van der Waals surface area contributed by atoms with E-state index in [2.05, 4.69) is 5.32 Å². The molecule has 156 valence electrons. The lowest BCUT2D eigenvalue weighted by Crippen LogP contribution is -2.49. The number of halogens is 1. The highest BCUT2D eigenvalue weighted by molar-refractivity contribution is 6.31. The molecule has 0 aliphatic carbocycles. The van der Waals surface area contributed by atoms with E-state index in [0.29, 0.717) is 24.4 Å². The third-order valence-corrected chi connectivity index (χ3v) is 5.54. The van der Waals surface area contributed by atoms with Crippen LogP contribution in [0.2, 0.25) is 5.02 Å². The Morgan fingerprint density at radius 3 is 2.48 bits per heavy atom.